The minimum Gasteiger partial charge on any atom is -0.462 e. The first-order valence-electron chi connectivity index (χ1n) is 7.12. The van der Waals surface area contributed by atoms with Gasteiger partial charge in [0.15, 0.2) is 5.82 Å². The van der Waals surface area contributed by atoms with Gasteiger partial charge in [-0.15, -0.1) is 0 Å². The summed E-state index contributed by atoms with van der Waals surface area (Å²) in [5.41, 5.74) is -0.117. The normalized spacial score (nSPS) is 10.3. The number of amides is 1. The molecular formula is C15H15ClFN5O3. The molecule has 2 rings (SSSR count). The molecule has 10 heteroatoms. The number of nitrogens with two attached hydrogens (primary N) is 1. The lowest BCUT2D eigenvalue weighted by atomic mass is 10.2. The zero-order valence-electron chi connectivity index (χ0n) is 13.4. The number of esters is 1. The maximum atomic E-state index is 14.0. The van der Waals surface area contributed by atoms with Gasteiger partial charge in [0.05, 0.1) is 17.9 Å². The molecule has 2 aromatic rings. The second kappa shape index (κ2) is 7.86. The third-order valence-corrected chi connectivity index (χ3v) is 3.23. The Kier molecular flexibility index (Phi) is 5.84. The molecule has 132 valence electrons. The number of benzene rings is 1. The van der Waals surface area contributed by atoms with Gasteiger partial charge in [-0.1, -0.05) is 0 Å². The van der Waals surface area contributed by atoms with E-state index in [9.17, 15) is 14.0 Å². The number of aromatic nitrogens is 2. The molecule has 0 radical (unpaired) electrons. The highest BCUT2D eigenvalue weighted by Gasteiger charge is 2.19. The number of carbonyl (C=O) groups is 2. The Morgan fingerprint density at radius 3 is 2.80 bits per heavy atom. The maximum absolute atomic E-state index is 14.0. The van der Waals surface area contributed by atoms with Gasteiger partial charge in [0.2, 0.25) is 5.28 Å². The van der Waals surface area contributed by atoms with Crippen molar-refractivity contribution in [3.05, 3.63) is 46.6 Å². The Balaban J connectivity index is 2.32. The predicted octanol–water partition coefficient (Wildman–Crippen LogP) is 2.01. The molecule has 0 aliphatic rings. The summed E-state index contributed by atoms with van der Waals surface area (Å²) in [6.45, 7) is 1.82. The molecule has 0 unspecified atom stereocenters. The van der Waals surface area contributed by atoms with Crippen molar-refractivity contribution < 1.29 is 18.7 Å². The van der Waals surface area contributed by atoms with Gasteiger partial charge in [-0.3, -0.25) is 9.80 Å². The van der Waals surface area contributed by atoms with Crippen LogP contribution in [-0.4, -0.2) is 35.5 Å². The van der Waals surface area contributed by atoms with E-state index in [-0.39, 0.29) is 34.5 Å². The number of anilines is 2. The predicted molar refractivity (Wildman–Crippen MR) is 89.9 cm³/mol. The van der Waals surface area contributed by atoms with E-state index in [0.717, 1.165) is 17.3 Å². The molecule has 0 bridgehead atoms. The van der Waals surface area contributed by atoms with Crippen LogP contribution in [0.1, 0.15) is 27.6 Å². The van der Waals surface area contributed by atoms with E-state index in [2.05, 4.69) is 15.3 Å². The van der Waals surface area contributed by atoms with Crippen molar-refractivity contribution in [1.29, 1.82) is 0 Å². The summed E-state index contributed by atoms with van der Waals surface area (Å²) in [7, 11) is 1.46. The molecule has 8 nitrogen and oxygen atoms in total. The van der Waals surface area contributed by atoms with E-state index in [1.54, 1.807) is 6.92 Å². The average Bonchev–Trinajstić information content (AvgIpc) is 2.56. The molecular weight excluding hydrogens is 353 g/mol. The van der Waals surface area contributed by atoms with Gasteiger partial charge in [0.1, 0.15) is 11.4 Å². The van der Waals surface area contributed by atoms with E-state index in [4.69, 9.17) is 22.2 Å². The van der Waals surface area contributed by atoms with Crippen LogP contribution in [0.5, 0.6) is 0 Å². The molecule has 25 heavy (non-hydrogen) atoms. The molecule has 3 N–H and O–H groups in total. The van der Waals surface area contributed by atoms with Crippen LogP contribution in [0, 0.1) is 5.82 Å². The Morgan fingerprint density at radius 2 is 2.16 bits per heavy atom. The number of ether oxygens (including phenoxy) is 1. The molecule has 0 saturated carbocycles. The molecule has 1 heterocycles. The average molecular weight is 368 g/mol. The third-order valence-electron chi connectivity index (χ3n) is 3.04. The summed E-state index contributed by atoms with van der Waals surface area (Å²) in [4.78, 5) is 31.7. The van der Waals surface area contributed by atoms with Crippen LogP contribution in [0.2, 0.25) is 5.28 Å². The smallest absolute Gasteiger partial charge is 0.338 e. The lowest BCUT2D eigenvalue weighted by Gasteiger charge is -2.15. The molecule has 1 aromatic heterocycles. The van der Waals surface area contributed by atoms with E-state index in [0.29, 0.717) is 0 Å². The number of hydrazine groups is 1. The van der Waals surface area contributed by atoms with Gasteiger partial charge < -0.3 is 10.1 Å². The fourth-order valence-electron chi connectivity index (χ4n) is 1.93. The Morgan fingerprint density at radius 1 is 1.44 bits per heavy atom. The number of halogens is 2. The monoisotopic (exact) mass is 367 g/mol. The molecule has 0 fully saturated rings. The van der Waals surface area contributed by atoms with Crippen molar-refractivity contribution in [2.45, 2.75) is 6.92 Å². The number of carbonyl (C=O) groups excluding carboxylic acids is 2. The Hall–Kier alpha value is -2.78. The van der Waals surface area contributed by atoms with Gasteiger partial charge >= 0.3 is 5.97 Å². The fourth-order valence-corrected chi connectivity index (χ4v) is 2.06. The van der Waals surface area contributed by atoms with Crippen molar-refractivity contribution in [1.82, 2.24) is 9.97 Å². The highest BCUT2D eigenvalue weighted by molar-refractivity contribution is 6.28. The first-order chi connectivity index (χ1) is 11.8. The second-order valence-corrected chi connectivity index (χ2v) is 5.19. The van der Waals surface area contributed by atoms with Crippen molar-refractivity contribution in [3.63, 3.8) is 0 Å². The van der Waals surface area contributed by atoms with Gasteiger partial charge in [0.25, 0.3) is 5.91 Å². The summed E-state index contributed by atoms with van der Waals surface area (Å²) < 4.78 is 18.8. The molecule has 0 aliphatic heterocycles. The summed E-state index contributed by atoms with van der Waals surface area (Å²) in [5.74, 6) is 3.59. The number of hydrogen-bond donors (Lipinski definition) is 2. The Bertz CT molecular complexity index is 816. The quantitative estimate of drug-likeness (QED) is 0.360. The van der Waals surface area contributed by atoms with E-state index < -0.39 is 17.7 Å². The molecule has 0 aliphatic carbocycles. The lowest BCUT2D eigenvalue weighted by molar-refractivity contribution is 0.0526. The van der Waals surface area contributed by atoms with Crippen molar-refractivity contribution in [2.24, 2.45) is 5.84 Å². The van der Waals surface area contributed by atoms with Crippen LogP contribution < -0.4 is 16.2 Å². The summed E-state index contributed by atoms with van der Waals surface area (Å²) in [6.07, 6.45) is 1.16. The summed E-state index contributed by atoms with van der Waals surface area (Å²) >= 11 is 5.69. The van der Waals surface area contributed by atoms with Crippen LogP contribution in [0.15, 0.2) is 24.4 Å². The lowest BCUT2D eigenvalue weighted by Crippen LogP contribution is -2.29. The first kappa shape index (κ1) is 18.6. The van der Waals surface area contributed by atoms with Crippen molar-refractivity contribution in [3.8, 4) is 0 Å². The second-order valence-electron chi connectivity index (χ2n) is 4.86. The zero-order chi connectivity index (χ0) is 18.6. The van der Waals surface area contributed by atoms with Crippen LogP contribution in [0.4, 0.5) is 15.9 Å². The van der Waals surface area contributed by atoms with E-state index in [1.165, 1.54) is 19.2 Å². The van der Waals surface area contributed by atoms with Crippen LogP contribution in [0.3, 0.4) is 0 Å². The molecule has 0 spiro atoms. The summed E-state index contributed by atoms with van der Waals surface area (Å²) in [6, 6.07) is 3.48. The van der Waals surface area contributed by atoms with Gasteiger partial charge in [-0.25, -0.2) is 20.0 Å². The highest BCUT2D eigenvalue weighted by atomic mass is 35.5. The minimum atomic E-state index is -0.723. The standard InChI is InChI=1S/C15H15ClFN5O3/c1-3-25-14(24)8-4-5-10(17)11(6-8)20-13(23)9-7-19-15(16)21-12(9)22(2)18/h4-7H,3,18H2,1-2H3,(H,20,23). The van der Waals surface area contributed by atoms with Crippen molar-refractivity contribution in [2.75, 3.05) is 24.0 Å². The van der Waals surface area contributed by atoms with Gasteiger partial charge in [-0.05, 0) is 36.7 Å². The molecule has 1 aromatic carbocycles. The highest BCUT2D eigenvalue weighted by Crippen LogP contribution is 2.21. The van der Waals surface area contributed by atoms with Crippen LogP contribution in [-0.2, 0) is 4.74 Å². The van der Waals surface area contributed by atoms with E-state index >= 15 is 0 Å². The fraction of sp³-hybridized carbons (Fsp3) is 0.200. The SMILES string of the molecule is CCOC(=O)c1ccc(F)c(NC(=O)c2cnc(Cl)nc2N(C)N)c1. The van der Waals surface area contributed by atoms with E-state index in [1.807, 2.05) is 0 Å². The Labute approximate surface area is 147 Å². The van der Waals surface area contributed by atoms with Crippen LogP contribution >= 0.6 is 11.6 Å². The topological polar surface area (TPSA) is 110 Å². The number of hydrogen-bond acceptors (Lipinski definition) is 7. The minimum absolute atomic E-state index is 0.0182. The molecule has 0 saturated heterocycles. The maximum Gasteiger partial charge on any atom is 0.338 e. The number of nitrogens with one attached hydrogen (secondary N) is 1. The molecule has 1 amide bonds. The van der Waals surface area contributed by atoms with Crippen molar-refractivity contribution >= 4 is 35.0 Å². The zero-order valence-corrected chi connectivity index (χ0v) is 14.2. The van der Waals surface area contributed by atoms with Crippen LogP contribution in [0.25, 0.3) is 0 Å². The number of nitrogens with zero attached hydrogens (tertiary/aromatic N) is 3. The third kappa shape index (κ3) is 4.40. The van der Waals surface area contributed by atoms with Gasteiger partial charge in [0, 0.05) is 13.2 Å². The number of rotatable bonds is 5. The largest absolute Gasteiger partial charge is 0.462 e. The summed E-state index contributed by atoms with van der Waals surface area (Å²) in [5, 5.41) is 3.33. The first-order valence-corrected chi connectivity index (χ1v) is 7.50. The molecule has 0 atom stereocenters. The van der Waals surface area contributed by atoms with Gasteiger partial charge in [-0.2, -0.15) is 4.98 Å².